The van der Waals surface area contributed by atoms with E-state index in [0.29, 0.717) is 37.4 Å². The van der Waals surface area contributed by atoms with E-state index < -0.39 is 29.7 Å². The summed E-state index contributed by atoms with van der Waals surface area (Å²) in [6.45, 7) is 3.21. The van der Waals surface area contributed by atoms with Crippen LogP contribution in [0.5, 0.6) is 0 Å². The Bertz CT molecular complexity index is 998. The highest BCUT2D eigenvalue weighted by atomic mass is 19.4. The Labute approximate surface area is 169 Å². The van der Waals surface area contributed by atoms with Crippen LogP contribution >= 0.6 is 0 Å². The van der Waals surface area contributed by atoms with Gasteiger partial charge in [0.25, 0.3) is 0 Å². The fourth-order valence-corrected chi connectivity index (χ4v) is 4.07. The molecule has 0 spiro atoms. The number of hydrogen-bond donors (Lipinski definition) is 1. The molecule has 2 aromatic heterocycles. The highest BCUT2D eigenvalue weighted by Gasteiger charge is 2.38. The maximum atomic E-state index is 13.0. The molecule has 162 valence electrons. The highest BCUT2D eigenvalue weighted by Crippen LogP contribution is 2.32. The topological polar surface area (TPSA) is 93.2 Å². The molecule has 3 atom stereocenters. The van der Waals surface area contributed by atoms with Gasteiger partial charge in [-0.05, 0) is 36.8 Å². The average molecular weight is 425 g/mol. The third kappa shape index (κ3) is 3.73. The first kappa shape index (κ1) is 20.6. The van der Waals surface area contributed by atoms with Crippen molar-refractivity contribution >= 4 is 5.91 Å². The summed E-state index contributed by atoms with van der Waals surface area (Å²) < 4.78 is 40.3. The summed E-state index contributed by atoms with van der Waals surface area (Å²) >= 11 is 0. The molecule has 11 heteroatoms. The van der Waals surface area contributed by atoms with E-state index in [1.165, 1.54) is 10.6 Å². The van der Waals surface area contributed by atoms with E-state index in [1.54, 1.807) is 4.90 Å². The lowest BCUT2D eigenvalue weighted by atomic mass is 10.0. The van der Waals surface area contributed by atoms with E-state index in [1.807, 2.05) is 0 Å². The van der Waals surface area contributed by atoms with Crippen LogP contribution in [0.25, 0.3) is 0 Å². The van der Waals surface area contributed by atoms with E-state index in [4.69, 9.17) is 0 Å². The van der Waals surface area contributed by atoms with Crippen molar-refractivity contribution in [1.82, 2.24) is 24.2 Å². The second-order valence-corrected chi connectivity index (χ2v) is 8.00. The number of nitrogens with zero attached hydrogens (tertiary/aromatic N) is 5. The summed E-state index contributed by atoms with van der Waals surface area (Å²) in [5, 5.41) is 14.5. The summed E-state index contributed by atoms with van der Waals surface area (Å²) in [4.78, 5) is 31.1. The Kier molecular flexibility index (Phi) is 5.16. The van der Waals surface area contributed by atoms with Gasteiger partial charge in [0.05, 0.1) is 6.54 Å². The number of carbonyl (C=O) groups is 1. The number of halogens is 3. The molecule has 8 nitrogen and oxygen atoms in total. The maximum absolute atomic E-state index is 13.0. The molecule has 2 aromatic rings. The number of likely N-dealkylation sites (tertiary alicyclic amines) is 1. The lowest BCUT2D eigenvalue weighted by molar-refractivity contribution is -0.141. The first-order valence-corrected chi connectivity index (χ1v) is 9.83. The minimum absolute atomic E-state index is 0.108. The first-order valence-electron chi connectivity index (χ1n) is 9.83. The van der Waals surface area contributed by atoms with E-state index in [9.17, 15) is 27.9 Å². The van der Waals surface area contributed by atoms with Gasteiger partial charge in [-0.1, -0.05) is 13.0 Å². The van der Waals surface area contributed by atoms with Gasteiger partial charge in [-0.2, -0.15) is 18.3 Å². The highest BCUT2D eigenvalue weighted by molar-refractivity contribution is 5.81. The Balaban J connectivity index is 1.62. The number of carbonyl (C=O) groups excluding carboxylic acids is 1. The van der Waals surface area contributed by atoms with E-state index >= 15 is 0 Å². The van der Waals surface area contributed by atoms with Crippen molar-refractivity contribution in [3.05, 3.63) is 45.9 Å². The molecule has 4 heterocycles. The van der Waals surface area contributed by atoms with Crippen LogP contribution in [0.1, 0.15) is 55.4 Å². The fourth-order valence-electron chi connectivity index (χ4n) is 4.07. The Morgan fingerprint density at radius 3 is 2.63 bits per heavy atom. The van der Waals surface area contributed by atoms with E-state index in [2.05, 4.69) is 17.0 Å². The summed E-state index contributed by atoms with van der Waals surface area (Å²) in [6.07, 6.45) is -2.95. The van der Waals surface area contributed by atoms with E-state index in [0.717, 1.165) is 23.4 Å². The molecule has 4 rings (SSSR count). The van der Waals surface area contributed by atoms with Crippen LogP contribution in [0.3, 0.4) is 0 Å². The lowest BCUT2D eigenvalue weighted by Gasteiger charge is -2.29. The molecule has 0 aliphatic carbocycles. The molecule has 0 aromatic carbocycles. The fraction of sp³-hybridized carbons (Fsp3) is 0.579. The van der Waals surface area contributed by atoms with E-state index in [-0.39, 0.29) is 18.3 Å². The number of fused-ring (bicyclic) bond motifs is 1. The van der Waals surface area contributed by atoms with Crippen LogP contribution in [0.4, 0.5) is 13.2 Å². The average Bonchev–Trinajstić information content (AvgIpc) is 3.26. The van der Waals surface area contributed by atoms with Crippen LogP contribution in [-0.2, 0) is 17.5 Å². The normalized spacial score (nSPS) is 24.2. The minimum Gasteiger partial charge on any atom is -0.385 e. The zero-order valence-corrected chi connectivity index (χ0v) is 16.3. The van der Waals surface area contributed by atoms with Crippen molar-refractivity contribution in [3.63, 3.8) is 0 Å². The third-order valence-corrected chi connectivity index (χ3v) is 5.69. The van der Waals surface area contributed by atoms with Crippen molar-refractivity contribution in [1.29, 1.82) is 0 Å². The van der Waals surface area contributed by atoms with Gasteiger partial charge < -0.3 is 10.0 Å². The number of alkyl halides is 3. The minimum atomic E-state index is -4.55. The number of rotatable bonds is 3. The lowest BCUT2D eigenvalue weighted by Crippen LogP contribution is -2.42. The molecular formula is C19H22F3N5O3. The molecule has 0 bridgehead atoms. The zero-order chi connectivity index (χ0) is 21.6. The largest absolute Gasteiger partial charge is 0.433 e. The molecule has 1 unspecified atom stereocenters. The smallest absolute Gasteiger partial charge is 0.385 e. The van der Waals surface area contributed by atoms with Gasteiger partial charge in [0.15, 0.2) is 5.82 Å². The summed E-state index contributed by atoms with van der Waals surface area (Å²) in [5.41, 5.74) is -1.25. The SMILES string of the molecule is C[C@H]1CCN(C(=O)[C@@H]2CCC(O)c3nn(Cc4ccc(C(F)(F)F)nc4)c(=O)n32)C1. The van der Waals surface area contributed by atoms with Gasteiger partial charge >= 0.3 is 11.9 Å². The van der Waals surface area contributed by atoms with Crippen LogP contribution in [0.2, 0.25) is 0 Å². The van der Waals surface area contributed by atoms with Crippen molar-refractivity contribution in [3.8, 4) is 0 Å². The van der Waals surface area contributed by atoms with Gasteiger partial charge in [-0.15, -0.1) is 0 Å². The standard InChI is InChI=1S/C19H22F3N5O3/c1-11-6-7-25(9-11)17(29)13-3-4-14(28)16-24-26(18(30)27(13)16)10-12-2-5-15(23-8-12)19(20,21)22/h2,5,8,11,13-14,28H,3-4,6-7,9-10H2,1H3/t11-,13-,14?/m0/s1. The zero-order valence-electron chi connectivity index (χ0n) is 16.3. The molecule has 1 fully saturated rings. The van der Waals surface area contributed by atoms with Crippen LogP contribution in [0.15, 0.2) is 23.1 Å². The van der Waals surface area contributed by atoms with Crippen LogP contribution < -0.4 is 5.69 Å². The second kappa shape index (κ2) is 7.53. The third-order valence-electron chi connectivity index (χ3n) is 5.69. The Hall–Kier alpha value is -2.69. The number of aromatic nitrogens is 4. The van der Waals surface area contributed by atoms with Crippen molar-refractivity contribution in [2.45, 2.75) is 51.1 Å². The van der Waals surface area contributed by atoms with Gasteiger partial charge in [-0.3, -0.25) is 14.3 Å². The number of aliphatic hydroxyl groups is 1. The van der Waals surface area contributed by atoms with Crippen LogP contribution in [-0.4, -0.2) is 48.3 Å². The molecule has 0 saturated carbocycles. The molecule has 2 aliphatic heterocycles. The predicted molar refractivity (Wildman–Crippen MR) is 98.4 cm³/mol. The van der Waals surface area contributed by atoms with Crippen LogP contribution in [0, 0.1) is 5.92 Å². The second-order valence-electron chi connectivity index (χ2n) is 8.00. The van der Waals surface area contributed by atoms with Crippen molar-refractivity contribution < 1.29 is 23.1 Å². The first-order chi connectivity index (χ1) is 14.1. The van der Waals surface area contributed by atoms with Gasteiger partial charge in [0, 0.05) is 19.3 Å². The molecule has 0 radical (unpaired) electrons. The van der Waals surface area contributed by atoms with Crippen molar-refractivity contribution in [2.75, 3.05) is 13.1 Å². The summed E-state index contributed by atoms with van der Waals surface area (Å²) in [6, 6.07) is 1.33. The molecule has 1 saturated heterocycles. The molecule has 1 N–H and O–H groups in total. The Morgan fingerprint density at radius 2 is 2.03 bits per heavy atom. The number of amides is 1. The Morgan fingerprint density at radius 1 is 1.27 bits per heavy atom. The predicted octanol–water partition coefficient (Wildman–Crippen LogP) is 1.74. The van der Waals surface area contributed by atoms with Crippen molar-refractivity contribution in [2.24, 2.45) is 5.92 Å². The molecule has 30 heavy (non-hydrogen) atoms. The quantitative estimate of drug-likeness (QED) is 0.809. The molecule has 1 amide bonds. The summed E-state index contributed by atoms with van der Waals surface area (Å²) in [7, 11) is 0. The van der Waals surface area contributed by atoms with Gasteiger partial charge in [0.2, 0.25) is 5.91 Å². The summed E-state index contributed by atoms with van der Waals surface area (Å²) in [5.74, 6) is 0.344. The number of aliphatic hydroxyl groups excluding tert-OH is 1. The van der Waals surface area contributed by atoms with Gasteiger partial charge in [-0.25, -0.2) is 9.48 Å². The molecular weight excluding hydrogens is 403 g/mol. The number of pyridine rings is 1. The monoisotopic (exact) mass is 425 g/mol. The van der Waals surface area contributed by atoms with Gasteiger partial charge in [0.1, 0.15) is 17.8 Å². The number of hydrogen-bond acceptors (Lipinski definition) is 5. The maximum Gasteiger partial charge on any atom is 0.433 e. The molecule has 2 aliphatic rings.